The third-order valence-electron chi connectivity index (χ3n) is 4.24. The van der Waals surface area contributed by atoms with E-state index in [1.807, 2.05) is 18.7 Å². The summed E-state index contributed by atoms with van der Waals surface area (Å²) in [4.78, 5) is 38.5. The molecule has 150 valence electrons. The molecule has 0 fully saturated rings. The van der Waals surface area contributed by atoms with Crippen LogP contribution in [-0.4, -0.2) is 48.4 Å². The Labute approximate surface area is 162 Å². The summed E-state index contributed by atoms with van der Waals surface area (Å²) in [6, 6.07) is 7.48. The van der Waals surface area contributed by atoms with Crippen LogP contribution in [0.2, 0.25) is 0 Å². The maximum atomic E-state index is 12.6. The summed E-state index contributed by atoms with van der Waals surface area (Å²) in [5.74, 6) is -0.602. The maximum absolute atomic E-state index is 12.6. The van der Waals surface area contributed by atoms with Crippen LogP contribution in [0.15, 0.2) is 41.0 Å². The average molecular weight is 389 g/mol. The number of nitrogens with zero attached hydrogens (tertiary/aromatic N) is 3. The second-order valence-corrected chi connectivity index (χ2v) is 6.04. The van der Waals surface area contributed by atoms with Crippen molar-refractivity contribution in [3.05, 3.63) is 58.0 Å². The molecular weight excluding hydrogens is 366 g/mol. The molecule has 0 saturated carbocycles. The Balaban J connectivity index is 2.12. The fraction of sp³-hybridized carbons (Fsp3) is 0.368. The third kappa shape index (κ3) is 5.09. The van der Waals surface area contributed by atoms with Gasteiger partial charge in [-0.05, 0) is 32.0 Å². The molecule has 0 N–H and O–H groups in total. The second kappa shape index (κ2) is 9.54. The van der Waals surface area contributed by atoms with E-state index in [4.69, 9.17) is 9.15 Å². The van der Waals surface area contributed by atoms with Gasteiger partial charge in [0.15, 0.2) is 6.61 Å². The van der Waals surface area contributed by atoms with E-state index in [0.29, 0.717) is 24.5 Å². The fourth-order valence-corrected chi connectivity index (χ4v) is 2.68. The Hall–Kier alpha value is -3.36. The van der Waals surface area contributed by atoms with Crippen LogP contribution in [0.1, 0.15) is 30.0 Å². The summed E-state index contributed by atoms with van der Waals surface area (Å²) in [5.41, 5.74) is 0.362. The van der Waals surface area contributed by atoms with E-state index in [1.54, 1.807) is 19.2 Å². The number of hydrogen-bond acceptors (Lipinski definition) is 7. The number of likely N-dealkylation sites (N-methyl/N-ethyl adjacent to an activating group) is 1. The summed E-state index contributed by atoms with van der Waals surface area (Å²) in [7, 11) is 1.56. The van der Waals surface area contributed by atoms with E-state index in [2.05, 4.69) is 0 Å². The van der Waals surface area contributed by atoms with Crippen molar-refractivity contribution in [3.8, 4) is 0 Å². The van der Waals surface area contributed by atoms with Gasteiger partial charge in [0.05, 0.1) is 29.0 Å². The predicted octanol–water partition coefficient (Wildman–Crippen LogP) is 2.85. The Kier molecular flexibility index (Phi) is 7.14. The number of nitro benzene ring substituents is 1. The Morgan fingerprint density at radius 2 is 1.93 bits per heavy atom. The molecule has 1 aromatic carbocycles. The zero-order valence-electron chi connectivity index (χ0n) is 16.1. The van der Waals surface area contributed by atoms with Crippen LogP contribution in [0.25, 0.3) is 0 Å². The summed E-state index contributed by atoms with van der Waals surface area (Å²) in [5, 5.41) is 11.1. The van der Waals surface area contributed by atoms with Crippen LogP contribution in [0.5, 0.6) is 0 Å². The standard InChI is InChI=1S/C19H23N3O6/c1-4-21(5-2)17-9-8-14(22(25)26)11-16(17)19(24)28-13-18(23)20(3)12-15-7-6-10-27-15/h6-11H,4-5,12-13H2,1-3H3. The zero-order chi connectivity index (χ0) is 20.7. The molecule has 0 aliphatic carbocycles. The highest BCUT2D eigenvalue weighted by Crippen LogP contribution is 2.26. The zero-order valence-corrected chi connectivity index (χ0v) is 16.1. The van der Waals surface area contributed by atoms with Crippen LogP contribution < -0.4 is 4.90 Å². The molecule has 0 unspecified atom stereocenters. The van der Waals surface area contributed by atoms with E-state index >= 15 is 0 Å². The van der Waals surface area contributed by atoms with Crippen molar-refractivity contribution in [1.29, 1.82) is 0 Å². The molecule has 0 radical (unpaired) electrons. The molecule has 2 rings (SSSR count). The first kappa shape index (κ1) is 20.9. The number of non-ortho nitro benzene ring substituents is 1. The average Bonchev–Trinajstić information content (AvgIpc) is 3.19. The highest BCUT2D eigenvalue weighted by molar-refractivity contribution is 5.97. The lowest BCUT2D eigenvalue weighted by Gasteiger charge is -2.23. The maximum Gasteiger partial charge on any atom is 0.341 e. The van der Waals surface area contributed by atoms with Gasteiger partial charge in [-0.15, -0.1) is 0 Å². The van der Waals surface area contributed by atoms with Crippen molar-refractivity contribution in [2.45, 2.75) is 20.4 Å². The van der Waals surface area contributed by atoms with Gasteiger partial charge < -0.3 is 19.0 Å². The smallest absolute Gasteiger partial charge is 0.341 e. The SMILES string of the molecule is CCN(CC)c1ccc([N+](=O)[O-])cc1C(=O)OCC(=O)N(C)Cc1ccco1. The van der Waals surface area contributed by atoms with E-state index in [9.17, 15) is 19.7 Å². The van der Waals surface area contributed by atoms with Gasteiger partial charge in [-0.1, -0.05) is 0 Å². The van der Waals surface area contributed by atoms with Crippen LogP contribution in [0, 0.1) is 10.1 Å². The lowest BCUT2D eigenvalue weighted by molar-refractivity contribution is -0.384. The molecule has 2 aromatic rings. The minimum Gasteiger partial charge on any atom is -0.467 e. The molecule has 0 atom stereocenters. The minimum atomic E-state index is -0.787. The molecule has 28 heavy (non-hydrogen) atoms. The van der Waals surface area contributed by atoms with Crippen LogP contribution in [-0.2, 0) is 16.1 Å². The normalized spacial score (nSPS) is 10.4. The number of benzene rings is 1. The summed E-state index contributed by atoms with van der Waals surface area (Å²) in [6.45, 7) is 4.81. The largest absolute Gasteiger partial charge is 0.467 e. The molecule has 1 amide bonds. The topological polar surface area (TPSA) is 106 Å². The van der Waals surface area contributed by atoms with Crippen LogP contribution >= 0.6 is 0 Å². The van der Waals surface area contributed by atoms with Gasteiger partial charge in [-0.2, -0.15) is 0 Å². The summed E-state index contributed by atoms with van der Waals surface area (Å²) >= 11 is 0. The number of ether oxygens (including phenoxy) is 1. The monoisotopic (exact) mass is 389 g/mol. The molecule has 0 spiro atoms. The number of furan rings is 1. The number of rotatable bonds is 9. The number of amides is 1. The van der Waals surface area contributed by atoms with E-state index in [-0.39, 0.29) is 17.8 Å². The van der Waals surface area contributed by atoms with Crippen molar-refractivity contribution in [2.24, 2.45) is 0 Å². The number of anilines is 1. The lowest BCUT2D eigenvalue weighted by atomic mass is 10.1. The van der Waals surface area contributed by atoms with Crippen molar-refractivity contribution in [2.75, 3.05) is 31.6 Å². The van der Waals surface area contributed by atoms with Gasteiger partial charge >= 0.3 is 5.97 Å². The van der Waals surface area contributed by atoms with E-state index in [0.717, 1.165) is 0 Å². The van der Waals surface area contributed by atoms with Gasteiger partial charge in [-0.3, -0.25) is 14.9 Å². The Morgan fingerprint density at radius 3 is 2.50 bits per heavy atom. The molecule has 9 heteroatoms. The molecule has 0 bridgehead atoms. The highest BCUT2D eigenvalue weighted by Gasteiger charge is 2.22. The molecule has 0 aliphatic rings. The van der Waals surface area contributed by atoms with Gasteiger partial charge in [0, 0.05) is 32.3 Å². The van der Waals surface area contributed by atoms with Gasteiger partial charge in [0.25, 0.3) is 11.6 Å². The molecule has 9 nitrogen and oxygen atoms in total. The van der Waals surface area contributed by atoms with Crippen LogP contribution in [0.4, 0.5) is 11.4 Å². The van der Waals surface area contributed by atoms with Crippen LogP contribution in [0.3, 0.4) is 0 Å². The number of esters is 1. The molecule has 1 aromatic heterocycles. The number of hydrogen-bond donors (Lipinski definition) is 0. The molecule has 1 heterocycles. The van der Waals surface area contributed by atoms with Crippen molar-refractivity contribution < 1.29 is 23.7 Å². The number of carbonyl (C=O) groups is 2. The first-order chi connectivity index (χ1) is 13.4. The van der Waals surface area contributed by atoms with Crippen molar-refractivity contribution in [1.82, 2.24) is 4.90 Å². The number of nitro groups is 1. The van der Waals surface area contributed by atoms with E-state index in [1.165, 1.54) is 29.4 Å². The quantitative estimate of drug-likeness (QED) is 0.369. The van der Waals surface area contributed by atoms with E-state index < -0.39 is 23.4 Å². The van der Waals surface area contributed by atoms with Crippen molar-refractivity contribution >= 4 is 23.3 Å². The summed E-state index contributed by atoms with van der Waals surface area (Å²) in [6.07, 6.45) is 1.50. The Morgan fingerprint density at radius 1 is 1.21 bits per heavy atom. The summed E-state index contributed by atoms with van der Waals surface area (Å²) < 4.78 is 10.3. The first-order valence-electron chi connectivity index (χ1n) is 8.84. The predicted molar refractivity (Wildman–Crippen MR) is 102 cm³/mol. The fourth-order valence-electron chi connectivity index (χ4n) is 2.68. The molecule has 0 aliphatic heterocycles. The van der Waals surface area contributed by atoms with Crippen molar-refractivity contribution in [3.63, 3.8) is 0 Å². The lowest BCUT2D eigenvalue weighted by Crippen LogP contribution is -2.31. The Bertz CT molecular complexity index is 830. The molecule has 0 saturated heterocycles. The molecular formula is C19H23N3O6. The van der Waals surface area contributed by atoms with Gasteiger partial charge in [0.2, 0.25) is 0 Å². The second-order valence-electron chi connectivity index (χ2n) is 6.04. The minimum absolute atomic E-state index is 0.0550. The van der Waals surface area contributed by atoms with Gasteiger partial charge in [0.1, 0.15) is 5.76 Å². The van der Waals surface area contributed by atoms with Gasteiger partial charge in [-0.25, -0.2) is 4.79 Å². The first-order valence-corrected chi connectivity index (χ1v) is 8.84. The highest BCUT2D eigenvalue weighted by atomic mass is 16.6. The third-order valence-corrected chi connectivity index (χ3v) is 4.24. The number of carbonyl (C=O) groups excluding carboxylic acids is 2.